The van der Waals surface area contributed by atoms with E-state index >= 15 is 0 Å². The Balaban J connectivity index is 2.70. The molecule has 5 heteroatoms. The standard InChI is InChI=1S/C13H26N4O/c1-5-16(6-2)9-8-11(14)13-12(18-4)10-15-17(13)7-3/h10-11H,5-9,14H2,1-4H3. The number of ether oxygens (including phenoxy) is 1. The van der Waals surface area contributed by atoms with E-state index < -0.39 is 0 Å². The van der Waals surface area contributed by atoms with E-state index in [1.807, 2.05) is 4.68 Å². The van der Waals surface area contributed by atoms with Crippen molar-refractivity contribution in [3.63, 3.8) is 0 Å². The number of aryl methyl sites for hydroxylation is 1. The Bertz CT molecular complexity index is 325. The van der Waals surface area contributed by atoms with Crippen LogP contribution in [0.15, 0.2) is 6.20 Å². The second kappa shape index (κ2) is 7.38. The number of aromatic nitrogens is 2. The van der Waals surface area contributed by atoms with Crippen molar-refractivity contribution in [3.05, 3.63) is 11.9 Å². The fraction of sp³-hybridized carbons (Fsp3) is 0.769. The summed E-state index contributed by atoms with van der Waals surface area (Å²) in [5.41, 5.74) is 7.29. The quantitative estimate of drug-likeness (QED) is 0.766. The van der Waals surface area contributed by atoms with Crippen LogP contribution in [0.3, 0.4) is 0 Å². The fourth-order valence-electron chi connectivity index (χ4n) is 2.16. The molecule has 0 spiro atoms. The smallest absolute Gasteiger partial charge is 0.161 e. The molecule has 0 radical (unpaired) electrons. The highest BCUT2D eigenvalue weighted by atomic mass is 16.5. The first-order valence-electron chi connectivity index (χ1n) is 6.75. The van der Waals surface area contributed by atoms with Gasteiger partial charge in [-0.3, -0.25) is 4.68 Å². The molecule has 1 rings (SSSR count). The van der Waals surface area contributed by atoms with E-state index in [1.165, 1.54) is 0 Å². The minimum atomic E-state index is -0.0250. The number of hydrogen-bond acceptors (Lipinski definition) is 4. The number of hydrogen-bond donors (Lipinski definition) is 1. The Labute approximate surface area is 110 Å². The lowest BCUT2D eigenvalue weighted by Gasteiger charge is -2.21. The summed E-state index contributed by atoms with van der Waals surface area (Å²) in [5, 5.41) is 4.29. The maximum atomic E-state index is 6.28. The average molecular weight is 254 g/mol. The molecule has 0 amide bonds. The summed E-state index contributed by atoms with van der Waals surface area (Å²) in [6.45, 7) is 10.4. The zero-order valence-electron chi connectivity index (χ0n) is 12.0. The molecule has 18 heavy (non-hydrogen) atoms. The molecule has 0 aromatic carbocycles. The van der Waals surface area contributed by atoms with Crippen molar-refractivity contribution in [3.8, 4) is 5.75 Å². The summed E-state index contributed by atoms with van der Waals surface area (Å²) in [4.78, 5) is 2.37. The van der Waals surface area contributed by atoms with E-state index in [0.29, 0.717) is 0 Å². The van der Waals surface area contributed by atoms with Gasteiger partial charge in [-0.1, -0.05) is 13.8 Å². The second-order valence-corrected chi connectivity index (χ2v) is 4.34. The minimum absolute atomic E-state index is 0.0250. The van der Waals surface area contributed by atoms with Crippen LogP contribution in [0.4, 0.5) is 0 Å². The predicted octanol–water partition coefficient (Wildman–Crippen LogP) is 1.64. The third kappa shape index (κ3) is 3.46. The van der Waals surface area contributed by atoms with Crippen LogP contribution in [0, 0.1) is 0 Å². The Morgan fingerprint density at radius 3 is 2.56 bits per heavy atom. The maximum Gasteiger partial charge on any atom is 0.161 e. The summed E-state index contributed by atoms with van der Waals surface area (Å²) < 4.78 is 7.25. The first-order valence-corrected chi connectivity index (χ1v) is 6.75. The minimum Gasteiger partial charge on any atom is -0.493 e. The highest BCUT2D eigenvalue weighted by molar-refractivity contribution is 5.28. The van der Waals surface area contributed by atoms with Gasteiger partial charge in [0.15, 0.2) is 5.75 Å². The molecule has 2 N–H and O–H groups in total. The van der Waals surface area contributed by atoms with E-state index in [4.69, 9.17) is 10.5 Å². The predicted molar refractivity (Wildman–Crippen MR) is 73.8 cm³/mol. The largest absolute Gasteiger partial charge is 0.493 e. The average Bonchev–Trinajstić information content (AvgIpc) is 2.82. The van der Waals surface area contributed by atoms with Gasteiger partial charge < -0.3 is 15.4 Å². The van der Waals surface area contributed by atoms with Crippen molar-refractivity contribution in [1.82, 2.24) is 14.7 Å². The van der Waals surface area contributed by atoms with Crippen LogP contribution in [0.5, 0.6) is 5.75 Å². The third-order valence-corrected chi connectivity index (χ3v) is 3.37. The highest BCUT2D eigenvalue weighted by Crippen LogP contribution is 2.25. The second-order valence-electron chi connectivity index (χ2n) is 4.34. The van der Waals surface area contributed by atoms with Crippen molar-refractivity contribution in [2.45, 2.75) is 39.8 Å². The van der Waals surface area contributed by atoms with E-state index in [0.717, 1.165) is 44.0 Å². The van der Waals surface area contributed by atoms with Gasteiger partial charge in [-0.25, -0.2) is 0 Å². The Morgan fingerprint density at radius 1 is 1.39 bits per heavy atom. The van der Waals surface area contributed by atoms with Gasteiger partial charge in [0, 0.05) is 6.54 Å². The molecule has 1 unspecified atom stereocenters. The monoisotopic (exact) mass is 254 g/mol. The highest BCUT2D eigenvalue weighted by Gasteiger charge is 2.18. The van der Waals surface area contributed by atoms with Gasteiger partial charge >= 0.3 is 0 Å². The third-order valence-electron chi connectivity index (χ3n) is 3.37. The van der Waals surface area contributed by atoms with Gasteiger partial charge in [0.2, 0.25) is 0 Å². The summed E-state index contributed by atoms with van der Waals surface area (Å²) >= 11 is 0. The van der Waals surface area contributed by atoms with Crippen molar-refractivity contribution < 1.29 is 4.74 Å². The van der Waals surface area contributed by atoms with Gasteiger partial charge in [-0.05, 0) is 33.0 Å². The normalized spacial score (nSPS) is 13.0. The molecule has 0 aliphatic carbocycles. The first-order chi connectivity index (χ1) is 8.67. The van der Waals surface area contributed by atoms with E-state index in [2.05, 4.69) is 30.8 Å². The number of nitrogens with zero attached hydrogens (tertiary/aromatic N) is 3. The SMILES string of the molecule is CCN(CC)CCC(N)c1c(OC)cnn1CC. The lowest BCUT2D eigenvalue weighted by Crippen LogP contribution is -2.28. The Hall–Kier alpha value is -1.07. The van der Waals surface area contributed by atoms with E-state index in [1.54, 1.807) is 13.3 Å². The van der Waals surface area contributed by atoms with Gasteiger partial charge in [0.1, 0.15) is 0 Å². The number of rotatable bonds is 8. The fourth-order valence-corrected chi connectivity index (χ4v) is 2.16. The molecule has 1 aromatic rings. The molecule has 0 bridgehead atoms. The molecular weight excluding hydrogens is 228 g/mol. The first kappa shape index (κ1) is 15.0. The van der Waals surface area contributed by atoms with Crippen molar-refractivity contribution >= 4 is 0 Å². The molecule has 1 atom stereocenters. The molecule has 5 nitrogen and oxygen atoms in total. The lowest BCUT2D eigenvalue weighted by atomic mass is 10.1. The van der Waals surface area contributed by atoms with E-state index in [9.17, 15) is 0 Å². The molecule has 0 saturated heterocycles. The number of methoxy groups -OCH3 is 1. The number of nitrogens with two attached hydrogens (primary N) is 1. The molecule has 1 heterocycles. The zero-order valence-corrected chi connectivity index (χ0v) is 12.0. The summed E-state index contributed by atoms with van der Waals surface area (Å²) in [6.07, 6.45) is 2.67. The van der Waals surface area contributed by atoms with Gasteiger partial charge in [0.05, 0.1) is 25.0 Å². The van der Waals surface area contributed by atoms with Crippen LogP contribution in [0.2, 0.25) is 0 Å². The van der Waals surface area contributed by atoms with Crippen LogP contribution in [0.1, 0.15) is 38.9 Å². The van der Waals surface area contributed by atoms with Crippen LogP contribution < -0.4 is 10.5 Å². The lowest BCUT2D eigenvalue weighted by molar-refractivity contribution is 0.287. The molecule has 0 aliphatic rings. The van der Waals surface area contributed by atoms with Crippen LogP contribution in [-0.4, -0.2) is 41.4 Å². The van der Waals surface area contributed by atoms with Crippen LogP contribution >= 0.6 is 0 Å². The molecule has 0 saturated carbocycles. The van der Waals surface area contributed by atoms with Gasteiger partial charge in [-0.2, -0.15) is 5.10 Å². The maximum absolute atomic E-state index is 6.28. The molecule has 1 aromatic heterocycles. The van der Waals surface area contributed by atoms with Gasteiger partial charge in [0.25, 0.3) is 0 Å². The summed E-state index contributed by atoms with van der Waals surface area (Å²) in [5.74, 6) is 0.795. The van der Waals surface area contributed by atoms with Crippen LogP contribution in [-0.2, 0) is 6.54 Å². The van der Waals surface area contributed by atoms with Crippen molar-refractivity contribution in [1.29, 1.82) is 0 Å². The zero-order chi connectivity index (χ0) is 13.5. The molecule has 0 fully saturated rings. The Kier molecular flexibility index (Phi) is 6.15. The summed E-state index contributed by atoms with van der Waals surface area (Å²) in [7, 11) is 1.66. The Morgan fingerprint density at radius 2 is 2.06 bits per heavy atom. The molecule has 104 valence electrons. The van der Waals surface area contributed by atoms with Gasteiger partial charge in [-0.15, -0.1) is 0 Å². The topological polar surface area (TPSA) is 56.3 Å². The molecule has 0 aliphatic heterocycles. The van der Waals surface area contributed by atoms with Crippen molar-refractivity contribution in [2.24, 2.45) is 5.73 Å². The summed E-state index contributed by atoms with van der Waals surface area (Å²) in [6, 6.07) is -0.0250. The van der Waals surface area contributed by atoms with E-state index in [-0.39, 0.29) is 6.04 Å². The van der Waals surface area contributed by atoms with Crippen molar-refractivity contribution in [2.75, 3.05) is 26.7 Å². The molecular formula is C13H26N4O. The van der Waals surface area contributed by atoms with Crippen LogP contribution in [0.25, 0.3) is 0 Å².